The Morgan fingerprint density at radius 1 is 1.19 bits per heavy atom. The largest absolute Gasteiger partial charge is 0.324 e. The van der Waals surface area contributed by atoms with Crippen molar-refractivity contribution in [3.63, 3.8) is 0 Å². The maximum atomic E-state index is 13.0. The van der Waals surface area contributed by atoms with E-state index in [-0.39, 0.29) is 10.8 Å². The van der Waals surface area contributed by atoms with Gasteiger partial charge in [0.1, 0.15) is 0 Å². The highest BCUT2D eigenvalue weighted by Gasteiger charge is 2.27. The average molecular weight is 496 g/mol. The van der Waals surface area contributed by atoms with E-state index in [9.17, 15) is 13.2 Å². The van der Waals surface area contributed by atoms with Crippen LogP contribution in [0.25, 0.3) is 10.2 Å². The Kier molecular flexibility index (Phi) is 6.88. The van der Waals surface area contributed by atoms with E-state index in [1.165, 1.54) is 45.6 Å². The first-order valence-corrected chi connectivity index (χ1v) is 13.5. The number of carbonyl (C=O) groups is 1. The number of halogens is 1. The van der Waals surface area contributed by atoms with E-state index in [2.05, 4.69) is 10.3 Å². The van der Waals surface area contributed by atoms with Crippen LogP contribution in [0.3, 0.4) is 0 Å². The zero-order valence-corrected chi connectivity index (χ0v) is 20.1. The number of fused-ring (bicyclic) bond motifs is 1. The molecule has 164 valence electrons. The highest BCUT2D eigenvalue weighted by atomic mass is 35.5. The SMILES string of the molecule is CC(Sc1nc2ccccc2s1)C(=O)Nc1cc(S(=O)(=O)N2CCCCC2)ccc1Cl. The van der Waals surface area contributed by atoms with Crippen molar-refractivity contribution < 1.29 is 13.2 Å². The highest BCUT2D eigenvalue weighted by Crippen LogP contribution is 2.33. The number of hydrogen-bond donors (Lipinski definition) is 1. The first kappa shape index (κ1) is 22.5. The molecule has 1 aromatic heterocycles. The van der Waals surface area contributed by atoms with Crippen molar-refractivity contribution in [2.24, 2.45) is 0 Å². The number of rotatable bonds is 6. The molecule has 0 bridgehead atoms. The summed E-state index contributed by atoms with van der Waals surface area (Å²) < 4.78 is 29.3. The number of thioether (sulfide) groups is 1. The molecule has 1 amide bonds. The third-order valence-corrected chi connectivity index (χ3v) is 9.52. The number of carbonyl (C=O) groups excluding carboxylic acids is 1. The van der Waals surface area contributed by atoms with Crippen molar-refractivity contribution in [1.29, 1.82) is 0 Å². The van der Waals surface area contributed by atoms with Gasteiger partial charge in [0.05, 0.1) is 31.1 Å². The molecule has 1 aliphatic heterocycles. The van der Waals surface area contributed by atoms with Gasteiger partial charge in [-0.3, -0.25) is 4.79 Å². The second-order valence-electron chi connectivity index (χ2n) is 7.30. The van der Waals surface area contributed by atoms with Crippen LogP contribution in [0.5, 0.6) is 0 Å². The quantitative estimate of drug-likeness (QED) is 0.473. The van der Waals surface area contributed by atoms with Gasteiger partial charge in [0.25, 0.3) is 0 Å². The summed E-state index contributed by atoms with van der Waals surface area (Å²) in [6, 6.07) is 12.3. The molecule has 1 unspecified atom stereocenters. The standard InChI is InChI=1S/C21H22ClN3O3S3/c1-14(29-21-24-17-7-3-4-8-19(17)30-21)20(26)23-18-13-15(9-10-16(18)22)31(27,28)25-11-5-2-6-12-25/h3-4,7-10,13-14H,2,5-6,11-12H2,1H3,(H,23,26). The van der Waals surface area contributed by atoms with E-state index in [1.54, 1.807) is 6.92 Å². The van der Waals surface area contributed by atoms with E-state index in [1.807, 2.05) is 24.3 Å². The highest BCUT2D eigenvalue weighted by molar-refractivity contribution is 8.02. The number of thiazole rings is 1. The van der Waals surface area contributed by atoms with Crippen LogP contribution in [0.4, 0.5) is 5.69 Å². The molecule has 2 aromatic carbocycles. The molecule has 0 aliphatic carbocycles. The number of benzene rings is 2. The predicted octanol–water partition coefficient (Wildman–Crippen LogP) is 5.24. The zero-order valence-electron chi connectivity index (χ0n) is 16.9. The molecule has 1 atom stereocenters. The fourth-order valence-electron chi connectivity index (χ4n) is 3.36. The summed E-state index contributed by atoms with van der Waals surface area (Å²) in [6.07, 6.45) is 2.76. The Bertz CT molecular complexity index is 1170. The molecule has 1 aliphatic rings. The fraction of sp³-hybridized carbons (Fsp3) is 0.333. The van der Waals surface area contributed by atoms with E-state index >= 15 is 0 Å². The third kappa shape index (κ3) is 5.06. The molecule has 1 fully saturated rings. The van der Waals surface area contributed by atoms with Crippen LogP contribution in [0.15, 0.2) is 51.7 Å². The maximum absolute atomic E-state index is 13.0. The monoisotopic (exact) mass is 495 g/mol. The summed E-state index contributed by atoms with van der Waals surface area (Å²) in [5, 5.41) is 2.64. The maximum Gasteiger partial charge on any atom is 0.243 e. The van der Waals surface area contributed by atoms with E-state index < -0.39 is 15.3 Å². The van der Waals surface area contributed by atoms with Crippen molar-refractivity contribution in [3.05, 3.63) is 47.5 Å². The minimum absolute atomic E-state index is 0.139. The van der Waals surface area contributed by atoms with Crippen molar-refractivity contribution >= 4 is 66.5 Å². The lowest BCUT2D eigenvalue weighted by atomic mass is 10.2. The number of nitrogens with zero attached hydrogens (tertiary/aromatic N) is 2. The van der Waals surface area contributed by atoms with Gasteiger partial charge < -0.3 is 5.32 Å². The zero-order chi connectivity index (χ0) is 22.0. The molecule has 6 nitrogen and oxygen atoms in total. The van der Waals surface area contributed by atoms with E-state index in [4.69, 9.17) is 11.6 Å². The minimum atomic E-state index is -3.61. The topological polar surface area (TPSA) is 79.4 Å². The molecular weight excluding hydrogens is 474 g/mol. The lowest BCUT2D eigenvalue weighted by Gasteiger charge is -2.26. The molecule has 10 heteroatoms. The van der Waals surface area contributed by atoms with Crippen LogP contribution in [-0.4, -0.2) is 42.0 Å². The first-order valence-electron chi connectivity index (χ1n) is 9.97. The smallest absolute Gasteiger partial charge is 0.243 e. The molecule has 1 saturated heterocycles. The summed E-state index contributed by atoms with van der Waals surface area (Å²) in [4.78, 5) is 17.5. The Balaban J connectivity index is 1.48. The Hall–Kier alpha value is -1.65. The van der Waals surface area contributed by atoms with Gasteiger partial charge >= 0.3 is 0 Å². The number of amides is 1. The van der Waals surface area contributed by atoms with Gasteiger partial charge in [-0.15, -0.1) is 11.3 Å². The van der Waals surface area contributed by atoms with Crippen LogP contribution in [0.2, 0.25) is 5.02 Å². The van der Waals surface area contributed by atoms with Crippen LogP contribution >= 0.6 is 34.7 Å². The van der Waals surface area contributed by atoms with E-state index in [0.717, 1.165) is 33.8 Å². The van der Waals surface area contributed by atoms with Gasteiger partial charge in [0, 0.05) is 13.1 Å². The van der Waals surface area contributed by atoms with Gasteiger partial charge in [-0.1, -0.05) is 41.9 Å². The number of sulfonamides is 1. The molecule has 31 heavy (non-hydrogen) atoms. The summed E-state index contributed by atoms with van der Waals surface area (Å²) in [5.74, 6) is -0.265. The fourth-order valence-corrected chi connectivity index (χ4v) is 7.28. The van der Waals surface area contributed by atoms with Crippen molar-refractivity contribution in [2.75, 3.05) is 18.4 Å². The van der Waals surface area contributed by atoms with Crippen molar-refractivity contribution in [2.45, 2.75) is 40.7 Å². The average Bonchev–Trinajstić information content (AvgIpc) is 3.18. The normalized spacial score (nSPS) is 16.3. The second kappa shape index (κ2) is 9.46. The Morgan fingerprint density at radius 2 is 1.94 bits per heavy atom. The first-order chi connectivity index (χ1) is 14.8. The Labute approximate surface area is 195 Å². The van der Waals surface area contributed by atoms with Crippen molar-refractivity contribution in [1.82, 2.24) is 9.29 Å². The van der Waals surface area contributed by atoms with Crippen LogP contribution in [-0.2, 0) is 14.8 Å². The van der Waals surface area contributed by atoms with Gasteiger partial charge in [-0.25, -0.2) is 13.4 Å². The number of hydrogen-bond acceptors (Lipinski definition) is 6. The molecule has 4 rings (SSSR count). The predicted molar refractivity (Wildman–Crippen MR) is 128 cm³/mol. The van der Waals surface area contributed by atoms with Gasteiger partial charge in [-0.2, -0.15) is 4.31 Å². The molecule has 3 aromatic rings. The van der Waals surface area contributed by atoms with Gasteiger partial charge in [0.15, 0.2) is 4.34 Å². The van der Waals surface area contributed by atoms with Gasteiger partial charge in [-0.05, 0) is 50.1 Å². The number of nitrogens with one attached hydrogen (secondary N) is 1. The molecule has 0 spiro atoms. The number of anilines is 1. The minimum Gasteiger partial charge on any atom is -0.324 e. The lowest BCUT2D eigenvalue weighted by Crippen LogP contribution is -2.35. The van der Waals surface area contributed by atoms with E-state index in [0.29, 0.717) is 23.8 Å². The van der Waals surface area contributed by atoms with Crippen LogP contribution < -0.4 is 5.32 Å². The summed E-state index contributed by atoms with van der Waals surface area (Å²) in [7, 11) is -3.61. The van der Waals surface area contributed by atoms with Crippen molar-refractivity contribution in [3.8, 4) is 0 Å². The van der Waals surface area contributed by atoms with Crippen LogP contribution in [0.1, 0.15) is 26.2 Å². The number of piperidine rings is 1. The van der Waals surface area contributed by atoms with Gasteiger partial charge in [0.2, 0.25) is 15.9 Å². The molecule has 0 radical (unpaired) electrons. The molecule has 1 N–H and O–H groups in total. The molecular formula is C21H22ClN3O3S3. The number of aromatic nitrogens is 1. The second-order valence-corrected chi connectivity index (χ2v) is 12.3. The summed E-state index contributed by atoms with van der Waals surface area (Å²) in [5.41, 5.74) is 1.20. The molecule has 2 heterocycles. The molecule has 0 saturated carbocycles. The Morgan fingerprint density at radius 3 is 2.68 bits per heavy atom. The lowest BCUT2D eigenvalue weighted by molar-refractivity contribution is -0.115. The summed E-state index contributed by atoms with van der Waals surface area (Å²) in [6.45, 7) is 2.82. The third-order valence-electron chi connectivity index (χ3n) is 5.07. The summed E-state index contributed by atoms with van der Waals surface area (Å²) >= 11 is 9.15. The number of para-hydroxylation sites is 1. The van der Waals surface area contributed by atoms with Crippen LogP contribution in [0, 0.1) is 0 Å².